The molecule has 0 aliphatic heterocycles. The number of hydrogen-bond acceptors (Lipinski definition) is 3. The molecule has 2 aromatic rings. The lowest BCUT2D eigenvalue weighted by Gasteiger charge is -1.99. The molecular weight excluding hydrogens is 319 g/mol. The maximum atomic E-state index is 4.34. The zero-order valence-electron chi connectivity index (χ0n) is 8.40. The quantitative estimate of drug-likeness (QED) is 0.808. The van der Waals surface area contributed by atoms with Crippen molar-refractivity contribution in [3.05, 3.63) is 44.2 Å². The van der Waals surface area contributed by atoms with E-state index in [2.05, 4.69) is 63.1 Å². The summed E-state index contributed by atoms with van der Waals surface area (Å²) in [4.78, 5) is 4.34. The molecule has 4 heteroatoms. The minimum absolute atomic E-state index is 0.858. The molecule has 2 nitrogen and oxygen atoms in total. The van der Waals surface area contributed by atoms with Gasteiger partial charge in [-0.3, -0.25) is 0 Å². The minimum atomic E-state index is 0.858. The van der Waals surface area contributed by atoms with E-state index >= 15 is 0 Å². The molecule has 0 atom stereocenters. The van der Waals surface area contributed by atoms with E-state index in [1.54, 1.807) is 0 Å². The molecule has 1 heterocycles. The fourth-order valence-electron chi connectivity index (χ4n) is 1.34. The SMILES string of the molecule is Cc1ccc(CCc2nc(I)ns2)cc1. The molecule has 15 heavy (non-hydrogen) atoms. The van der Waals surface area contributed by atoms with Crippen LogP contribution < -0.4 is 0 Å². The van der Waals surface area contributed by atoms with E-state index in [9.17, 15) is 0 Å². The molecule has 0 fully saturated rings. The molecule has 0 aliphatic carbocycles. The summed E-state index contributed by atoms with van der Waals surface area (Å²) in [7, 11) is 0. The maximum Gasteiger partial charge on any atom is 0.203 e. The predicted octanol–water partition coefficient (Wildman–Crippen LogP) is 3.24. The van der Waals surface area contributed by atoms with Crippen LogP contribution in [0, 0.1) is 10.8 Å². The van der Waals surface area contributed by atoms with E-state index < -0.39 is 0 Å². The second-order valence-corrected chi connectivity index (χ2v) is 5.24. The summed E-state index contributed by atoms with van der Waals surface area (Å²) in [6.45, 7) is 2.11. The first-order chi connectivity index (χ1) is 7.24. The zero-order valence-corrected chi connectivity index (χ0v) is 11.4. The Morgan fingerprint density at radius 1 is 1.20 bits per heavy atom. The molecule has 1 aromatic carbocycles. The van der Waals surface area contributed by atoms with Gasteiger partial charge in [0, 0.05) is 29.0 Å². The smallest absolute Gasteiger partial charge is 0.203 e. The summed E-state index contributed by atoms with van der Waals surface area (Å²) in [5.41, 5.74) is 2.68. The van der Waals surface area contributed by atoms with Gasteiger partial charge in [-0.25, -0.2) is 4.98 Å². The lowest BCUT2D eigenvalue weighted by Crippen LogP contribution is -1.90. The van der Waals surface area contributed by atoms with Crippen molar-refractivity contribution in [2.45, 2.75) is 19.8 Å². The van der Waals surface area contributed by atoms with Gasteiger partial charge < -0.3 is 0 Å². The second kappa shape index (κ2) is 5.03. The molecule has 0 saturated heterocycles. The predicted molar refractivity (Wildman–Crippen MR) is 71.2 cm³/mol. The molecule has 78 valence electrons. The van der Waals surface area contributed by atoms with Crippen LogP contribution in [0.15, 0.2) is 24.3 Å². The summed E-state index contributed by atoms with van der Waals surface area (Å²) >= 11 is 3.65. The fourth-order valence-corrected chi connectivity index (χ4v) is 2.63. The van der Waals surface area contributed by atoms with Gasteiger partial charge in [0.15, 0.2) is 0 Å². The highest BCUT2D eigenvalue weighted by molar-refractivity contribution is 14.1. The van der Waals surface area contributed by atoms with Gasteiger partial charge >= 0.3 is 0 Å². The molecule has 0 bridgehead atoms. The highest BCUT2D eigenvalue weighted by atomic mass is 127. The van der Waals surface area contributed by atoms with Gasteiger partial charge in [-0.15, -0.1) is 0 Å². The van der Waals surface area contributed by atoms with Gasteiger partial charge in [0.2, 0.25) is 3.83 Å². The Morgan fingerprint density at radius 3 is 2.53 bits per heavy atom. The molecule has 0 saturated carbocycles. The summed E-state index contributed by atoms with van der Waals surface area (Å²) < 4.78 is 5.02. The topological polar surface area (TPSA) is 25.8 Å². The maximum absolute atomic E-state index is 4.34. The van der Waals surface area contributed by atoms with Gasteiger partial charge in [0.25, 0.3) is 0 Å². The van der Waals surface area contributed by atoms with Gasteiger partial charge in [0.1, 0.15) is 5.01 Å². The Labute approximate surface area is 107 Å². The standard InChI is InChI=1S/C11H11IN2S/c1-8-2-4-9(5-3-8)6-7-10-13-11(12)14-15-10/h2-5H,6-7H2,1H3. The number of aryl methyl sites for hydroxylation is 3. The third-order valence-corrected chi connectivity index (χ3v) is 3.77. The van der Waals surface area contributed by atoms with E-state index in [0.29, 0.717) is 0 Å². The van der Waals surface area contributed by atoms with Crippen LogP contribution in [0.25, 0.3) is 0 Å². The molecule has 0 N–H and O–H groups in total. The van der Waals surface area contributed by atoms with Crippen molar-refractivity contribution in [2.24, 2.45) is 0 Å². The van der Waals surface area contributed by atoms with Crippen LogP contribution >= 0.6 is 34.1 Å². The lowest BCUT2D eigenvalue weighted by atomic mass is 10.1. The summed E-state index contributed by atoms with van der Waals surface area (Å²) in [6, 6.07) is 8.67. The molecule has 0 radical (unpaired) electrons. The highest BCUT2D eigenvalue weighted by Gasteiger charge is 2.01. The van der Waals surface area contributed by atoms with Gasteiger partial charge in [0.05, 0.1) is 0 Å². The average molecular weight is 330 g/mol. The van der Waals surface area contributed by atoms with E-state index in [1.807, 2.05) is 0 Å². The van der Waals surface area contributed by atoms with Crippen LogP contribution in [0.4, 0.5) is 0 Å². The largest absolute Gasteiger partial charge is 0.215 e. The molecule has 0 amide bonds. The Kier molecular flexibility index (Phi) is 3.69. The van der Waals surface area contributed by atoms with Crippen molar-refractivity contribution in [3.8, 4) is 0 Å². The van der Waals surface area contributed by atoms with E-state index in [4.69, 9.17) is 0 Å². The number of nitrogens with zero attached hydrogens (tertiary/aromatic N) is 2. The fraction of sp³-hybridized carbons (Fsp3) is 0.273. The van der Waals surface area contributed by atoms with Gasteiger partial charge in [-0.2, -0.15) is 4.37 Å². The Bertz CT molecular complexity index is 436. The van der Waals surface area contributed by atoms with Crippen molar-refractivity contribution in [1.29, 1.82) is 0 Å². The Balaban J connectivity index is 1.96. The molecular formula is C11H11IN2S. The zero-order chi connectivity index (χ0) is 10.7. The van der Waals surface area contributed by atoms with Crippen LogP contribution in [0.2, 0.25) is 0 Å². The number of aromatic nitrogens is 2. The number of rotatable bonds is 3. The molecule has 0 unspecified atom stereocenters. The van der Waals surface area contributed by atoms with Crippen molar-refractivity contribution in [3.63, 3.8) is 0 Å². The van der Waals surface area contributed by atoms with E-state index in [1.165, 1.54) is 22.7 Å². The first-order valence-corrected chi connectivity index (χ1v) is 6.63. The van der Waals surface area contributed by atoms with Crippen molar-refractivity contribution >= 4 is 34.1 Å². The van der Waals surface area contributed by atoms with E-state index in [0.717, 1.165) is 21.7 Å². The Morgan fingerprint density at radius 2 is 1.93 bits per heavy atom. The van der Waals surface area contributed by atoms with Crippen LogP contribution in [0.3, 0.4) is 0 Å². The second-order valence-electron chi connectivity index (χ2n) is 3.44. The van der Waals surface area contributed by atoms with Crippen LogP contribution in [-0.4, -0.2) is 9.36 Å². The number of halogens is 1. The molecule has 2 rings (SSSR count). The third-order valence-electron chi connectivity index (χ3n) is 2.19. The van der Waals surface area contributed by atoms with E-state index in [-0.39, 0.29) is 0 Å². The average Bonchev–Trinajstić information content (AvgIpc) is 2.64. The first-order valence-electron chi connectivity index (χ1n) is 4.77. The third kappa shape index (κ3) is 3.24. The molecule has 0 aliphatic rings. The minimum Gasteiger partial charge on any atom is -0.215 e. The Hall–Kier alpha value is -0.490. The lowest BCUT2D eigenvalue weighted by molar-refractivity contribution is 0.937. The van der Waals surface area contributed by atoms with Gasteiger partial charge in [-0.05, 0) is 30.4 Å². The molecule has 0 spiro atoms. The summed E-state index contributed by atoms with van der Waals surface area (Å²) in [5.74, 6) is 0. The van der Waals surface area contributed by atoms with Gasteiger partial charge in [-0.1, -0.05) is 29.8 Å². The number of hydrogen-bond donors (Lipinski definition) is 0. The van der Waals surface area contributed by atoms with Crippen LogP contribution in [0.5, 0.6) is 0 Å². The summed E-state index contributed by atoms with van der Waals surface area (Å²) in [6.07, 6.45) is 2.04. The monoisotopic (exact) mass is 330 g/mol. The van der Waals surface area contributed by atoms with Crippen LogP contribution in [0.1, 0.15) is 16.1 Å². The first kappa shape index (κ1) is 11.0. The molecule has 1 aromatic heterocycles. The van der Waals surface area contributed by atoms with Crippen molar-refractivity contribution in [2.75, 3.05) is 0 Å². The normalized spacial score (nSPS) is 10.5. The number of benzene rings is 1. The van der Waals surface area contributed by atoms with Crippen molar-refractivity contribution < 1.29 is 0 Å². The summed E-state index contributed by atoms with van der Waals surface area (Å²) in [5, 5.41) is 1.12. The highest BCUT2D eigenvalue weighted by Crippen LogP contribution is 2.11. The van der Waals surface area contributed by atoms with Crippen molar-refractivity contribution in [1.82, 2.24) is 9.36 Å². The van der Waals surface area contributed by atoms with Crippen LogP contribution in [-0.2, 0) is 12.8 Å².